The predicted octanol–water partition coefficient (Wildman–Crippen LogP) is 7.01. The molecule has 3 amide bonds. The SMILES string of the molecule is C[C@@H]1CN([C@@H](C)CO)C(=O)c2cc(NC(=O)Nc3ccc(C(F)(F)F)cc3)ccc2O[C@@H](C)CCCCO[C@@H]1CN(C)Cc1ccc2c(c1)OCO2. The van der Waals surface area contributed by atoms with E-state index in [9.17, 15) is 27.9 Å². The molecule has 2 heterocycles. The molecule has 0 fully saturated rings. The second-order valence-electron chi connectivity index (χ2n) is 13.5. The number of nitrogens with zero attached hydrogens (tertiary/aromatic N) is 2. The van der Waals surface area contributed by atoms with Crippen LogP contribution in [0.1, 0.15) is 61.5 Å². The van der Waals surface area contributed by atoms with E-state index in [1.807, 2.05) is 39.1 Å². The van der Waals surface area contributed by atoms with Crippen LogP contribution >= 0.6 is 0 Å². The van der Waals surface area contributed by atoms with Crippen molar-refractivity contribution in [1.29, 1.82) is 0 Å². The van der Waals surface area contributed by atoms with Crippen LogP contribution < -0.4 is 24.8 Å². The van der Waals surface area contributed by atoms with Crippen LogP contribution in [-0.2, 0) is 17.5 Å². The molecule has 0 aromatic heterocycles. The van der Waals surface area contributed by atoms with Gasteiger partial charge in [-0.1, -0.05) is 13.0 Å². The van der Waals surface area contributed by atoms with Crippen LogP contribution in [0.3, 0.4) is 0 Å². The minimum absolute atomic E-state index is 0.140. The standard InChI is InChI=1S/C38H47F3N4O7/c1-24-19-45(25(2)22-46)36(47)31-18-30(43-37(48)42-29-11-9-28(10-12-29)38(39,40)41)13-15-32(31)52-26(3)7-5-6-16-49-35(24)21-44(4)20-27-8-14-33-34(17-27)51-23-50-33/h8-15,17-18,24-26,35,46H,5-7,16,19-23H2,1-4H3,(H2,42,43,48)/t24-,25+,26+,35-/m1/s1. The monoisotopic (exact) mass is 728 g/mol. The minimum Gasteiger partial charge on any atom is -0.490 e. The fourth-order valence-electron chi connectivity index (χ4n) is 6.22. The number of benzene rings is 3. The Balaban J connectivity index is 1.34. The molecule has 0 radical (unpaired) electrons. The van der Waals surface area contributed by atoms with Crippen molar-refractivity contribution >= 4 is 23.3 Å². The number of likely N-dealkylation sites (N-methyl/N-ethyl adjacent to an activating group) is 1. The van der Waals surface area contributed by atoms with Gasteiger partial charge in [-0.25, -0.2) is 4.79 Å². The highest BCUT2D eigenvalue weighted by molar-refractivity contribution is 6.02. The Kier molecular flexibility index (Phi) is 12.9. The van der Waals surface area contributed by atoms with E-state index in [-0.39, 0.29) is 55.0 Å². The van der Waals surface area contributed by atoms with Gasteiger partial charge in [0.15, 0.2) is 11.5 Å². The summed E-state index contributed by atoms with van der Waals surface area (Å²) in [5.41, 5.74) is 0.854. The van der Waals surface area contributed by atoms with Gasteiger partial charge in [-0.15, -0.1) is 0 Å². The summed E-state index contributed by atoms with van der Waals surface area (Å²) in [5, 5.41) is 15.4. The molecule has 4 atom stereocenters. The molecule has 0 aliphatic carbocycles. The number of rotatable bonds is 8. The third kappa shape index (κ3) is 10.3. The molecule has 0 spiro atoms. The van der Waals surface area contributed by atoms with E-state index in [0.29, 0.717) is 31.9 Å². The second kappa shape index (κ2) is 17.3. The number of ether oxygens (including phenoxy) is 4. The van der Waals surface area contributed by atoms with Crippen LogP contribution in [0, 0.1) is 5.92 Å². The third-order valence-corrected chi connectivity index (χ3v) is 9.16. The van der Waals surface area contributed by atoms with Crippen molar-refractivity contribution in [3.8, 4) is 17.2 Å². The quantitative estimate of drug-likeness (QED) is 0.227. The van der Waals surface area contributed by atoms with Crippen LogP contribution in [0.2, 0.25) is 0 Å². The Morgan fingerprint density at radius 2 is 1.67 bits per heavy atom. The van der Waals surface area contributed by atoms with Gasteiger partial charge in [0, 0.05) is 43.5 Å². The van der Waals surface area contributed by atoms with Gasteiger partial charge in [0.25, 0.3) is 5.91 Å². The van der Waals surface area contributed by atoms with E-state index in [4.69, 9.17) is 18.9 Å². The molecule has 3 aromatic carbocycles. The van der Waals surface area contributed by atoms with Crippen molar-refractivity contribution in [1.82, 2.24) is 9.80 Å². The molecular weight excluding hydrogens is 681 g/mol. The molecule has 0 bridgehead atoms. The van der Waals surface area contributed by atoms with Gasteiger partial charge >= 0.3 is 12.2 Å². The van der Waals surface area contributed by atoms with E-state index in [0.717, 1.165) is 54.2 Å². The minimum atomic E-state index is -4.50. The van der Waals surface area contributed by atoms with Crippen LogP contribution in [0.5, 0.6) is 17.2 Å². The molecule has 52 heavy (non-hydrogen) atoms. The van der Waals surface area contributed by atoms with Crippen LogP contribution in [-0.4, -0.2) is 85.2 Å². The maximum Gasteiger partial charge on any atom is 0.416 e. The first-order chi connectivity index (χ1) is 24.8. The number of nitrogens with one attached hydrogen (secondary N) is 2. The van der Waals surface area contributed by atoms with Crippen LogP contribution in [0.25, 0.3) is 0 Å². The second-order valence-corrected chi connectivity index (χ2v) is 13.5. The number of aliphatic hydroxyl groups is 1. The van der Waals surface area contributed by atoms with E-state index >= 15 is 0 Å². The topological polar surface area (TPSA) is 122 Å². The molecule has 282 valence electrons. The van der Waals surface area contributed by atoms with Crippen molar-refractivity contribution in [3.05, 3.63) is 77.4 Å². The van der Waals surface area contributed by atoms with Gasteiger partial charge < -0.3 is 39.6 Å². The number of carbonyl (C=O) groups is 2. The van der Waals surface area contributed by atoms with E-state index in [1.54, 1.807) is 24.0 Å². The summed E-state index contributed by atoms with van der Waals surface area (Å²) in [7, 11) is 2.02. The summed E-state index contributed by atoms with van der Waals surface area (Å²) in [6.45, 7) is 7.68. The van der Waals surface area contributed by atoms with E-state index in [2.05, 4.69) is 15.5 Å². The molecule has 3 N–H and O–H groups in total. The molecular formula is C38H47F3N4O7. The lowest BCUT2D eigenvalue weighted by Crippen LogP contribution is -2.47. The molecule has 0 unspecified atom stereocenters. The number of urea groups is 1. The summed E-state index contributed by atoms with van der Waals surface area (Å²) in [6, 6.07) is 13.4. The Hall–Kier alpha value is -4.53. The van der Waals surface area contributed by atoms with Crippen molar-refractivity contribution < 1.29 is 46.8 Å². The number of fused-ring (bicyclic) bond motifs is 2. The Labute approximate surface area is 302 Å². The van der Waals surface area contributed by atoms with Crippen LogP contribution in [0.4, 0.5) is 29.3 Å². The Morgan fingerprint density at radius 1 is 0.981 bits per heavy atom. The molecule has 11 nitrogen and oxygen atoms in total. The molecule has 3 aromatic rings. The van der Waals surface area contributed by atoms with E-state index < -0.39 is 29.7 Å². The fourth-order valence-corrected chi connectivity index (χ4v) is 6.22. The third-order valence-electron chi connectivity index (χ3n) is 9.16. The highest BCUT2D eigenvalue weighted by atomic mass is 19.4. The Bertz CT molecular complexity index is 1670. The number of amides is 3. The number of hydrogen-bond acceptors (Lipinski definition) is 8. The highest BCUT2D eigenvalue weighted by Gasteiger charge is 2.32. The first-order valence-electron chi connectivity index (χ1n) is 17.5. The van der Waals surface area contributed by atoms with Gasteiger partial charge in [-0.2, -0.15) is 13.2 Å². The molecule has 14 heteroatoms. The highest BCUT2D eigenvalue weighted by Crippen LogP contribution is 2.34. The lowest BCUT2D eigenvalue weighted by molar-refractivity contribution is -0.137. The average Bonchev–Trinajstić information content (AvgIpc) is 3.57. The summed E-state index contributed by atoms with van der Waals surface area (Å²) in [6.07, 6.45) is -2.59. The lowest BCUT2D eigenvalue weighted by Gasteiger charge is -2.36. The molecule has 5 rings (SSSR count). The predicted molar refractivity (Wildman–Crippen MR) is 190 cm³/mol. The molecule has 2 aliphatic rings. The van der Waals surface area contributed by atoms with Gasteiger partial charge in [-0.3, -0.25) is 9.69 Å². The van der Waals surface area contributed by atoms with Crippen LogP contribution in [0.15, 0.2) is 60.7 Å². The first-order valence-corrected chi connectivity index (χ1v) is 17.5. The number of carbonyl (C=O) groups excluding carboxylic acids is 2. The average molecular weight is 729 g/mol. The van der Waals surface area contributed by atoms with Crippen molar-refractivity contribution in [3.63, 3.8) is 0 Å². The number of halogens is 3. The maximum atomic E-state index is 14.4. The van der Waals surface area contributed by atoms with Crippen molar-refractivity contribution in [2.24, 2.45) is 5.92 Å². The van der Waals surface area contributed by atoms with E-state index in [1.165, 1.54) is 6.07 Å². The zero-order valence-electron chi connectivity index (χ0n) is 29.9. The van der Waals surface area contributed by atoms with Gasteiger partial charge in [0.1, 0.15) is 5.75 Å². The molecule has 2 aliphatic heterocycles. The fraction of sp³-hybridized carbons (Fsp3) is 0.474. The summed E-state index contributed by atoms with van der Waals surface area (Å²) >= 11 is 0. The normalized spacial score (nSPS) is 20.4. The smallest absolute Gasteiger partial charge is 0.416 e. The summed E-state index contributed by atoms with van der Waals surface area (Å²) in [5.74, 6) is 1.24. The molecule has 0 saturated heterocycles. The largest absolute Gasteiger partial charge is 0.490 e. The number of alkyl halides is 3. The number of aliphatic hydroxyl groups excluding tert-OH is 1. The van der Waals surface area contributed by atoms with Gasteiger partial charge in [0.05, 0.1) is 36.0 Å². The van der Waals surface area contributed by atoms with Crippen molar-refractivity contribution in [2.45, 2.75) is 71.0 Å². The first kappa shape index (κ1) is 38.7. The number of anilines is 2. The molecule has 0 saturated carbocycles. The van der Waals surface area contributed by atoms with Crippen molar-refractivity contribution in [2.75, 3.05) is 50.8 Å². The summed E-state index contributed by atoms with van der Waals surface area (Å²) < 4.78 is 62.7. The van der Waals surface area contributed by atoms with Gasteiger partial charge in [0.2, 0.25) is 6.79 Å². The maximum absolute atomic E-state index is 14.4. The number of hydrogen-bond donors (Lipinski definition) is 3. The zero-order chi connectivity index (χ0) is 37.4. The summed E-state index contributed by atoms with van der Waals surface area (Å²) in [4.78, 5) is 31.0. The lowest BCUT2D eigenvalue weighted by atomic mass is 10.0. The Morgan fingerprint density at radius 3 is 2.40 bits per heavy atom. The van der Waals surface area contributed by atoms with Gasteiger partial charge in [-0.05, 0) is 100 Å². The zero-order valence-corrected chi connectivity index (χ0v) is 29.9.